The molecule has 7 nitrogen and oxygen atoms in total. The lowest BCUT2D eigenvalue weighted by Gasteiger charge is -2.19. The molecule has 0 aliphatic rings. The van der Waals surface area contributed by atoms with Gasteiger partial charge < -0.3 is 14.6 Å². The Morgan fingerprint density at radius 3 is 2.58 bits per heavy atom. The molecule has 0 spiro atoms. The third-order valence-corrected chi connectivity index (χ3v) is 2.23. The Kier molecular flexibility index (Phi) is 5.02. The number of rotatable bonds is 5. The third-order valence-electron chi connectivity index (χ3n) is 2.23. The van der Waals surface area contributed by atoms with Gasteiger partial charge in [-0.2, -0.15) is 0 Å². The summed E-state index contributed by atoms with van der Waals surface area (Å²) < 4.78 is 6.83. The molecule has 1 heterocycles. The van der Waals surface area contributed by atoms with Crippen molar-refractivity contribution in [3.8, 4) is 0 Å². The molecule has 1 aromatic heterocycles. The van der Waals surface area contributed by atoms with Crippen molar-refractivity contribution in [1.82, 2.24) is 20.1 Å². The Bertz CT molecular complexity index is 448. The van der Waals surface area contributed by atoms with E-state index in [1.165, 1.54) is 0 Å². The number of carbonyl (C=O) groups is 2. The molecule has 0 aromatic carbocycles. The second-order valence-corrected chi connectivity index (χ2v) is 5.22. The molecule has 0 aliphatic carbocycles. The summed E-state index contributed by atoms with van der Waals surface area (Å²) in [4.78, 5) is 23.0. The summed E-state index contributed by atoms with van der Waals surface area (Å²) in [7, 11) is 1.79. The molecular weight excluding hydrogens is 248 g/mol. The van der Waals surface area contributed by atoms with Crippen molar-refractivity contribution in [2.45, 2.75) is 45.8 Å². The third kappa shape index (κ3) is 5.98. The highest BCUT2D eigenvalue weighted by Crippen LogP contribution is 2.09. The Labute approximate surface area is 112 Å². The van der Waals surface area contributed by atoms with Gasteiger partial charge >= 0.3 is 5.97 Å². The average molecular weight is 268 g/mol. The molecule has 1 rings (SSSR count). The van der Waals surface area contributed by atoms with Crippen molar-refractivity contribution in [3.05, 3.63) is 12.2 Å². The number of aryl methyl sites for hydroxylation is 1. The largest absolute Gasteiger partial charge is 0.460 e. The number of nitrogens with one attached hydrogen (secondary N) is 1. The Balaban J connectivity index is 2.25. The standard InChI is InChI=1S/C12H20N4O3/c1-12(2,3)19-11(18)6-5-10(17)13-7-9-15-14-8-16(9)4/h8H,5-7H2,1-4H3,(H,13,17). The van der Waals surface area contributed by atoms with E-state index < -0.39 is 5.60 Å². The minimum Gasteiger partial charge on any atom is -0.460 e. The molecule has 0 unspecified atom stereocenters. The minimum atomic E-state index is -0.522. The number of nitrogens with zero attached hydrogens (tertiary/aromatic N) is 3. The summed E-state index contributed by atoms with van der Waals surface area (Å²) in [6.07, 6.45) is 1.73. The molecule has 1 amide bonds. The molecule has 0 atom stereocenters. The highest BCUT2D eigenvalue weighted by Gasteiger charge is 2.17. The van der Waals surface area contributed by atoms with Gasteiger partial charge in [0.15, 0.2) is 5.82 Å². The van der Waals surface area contributed by atoms with Crippen LogP contribution in [0.2, 0.25) is 0 Å². The summed E-state index contributed by atoms with van der Waals surface area (Å²) >= 11 is 0. The van der Waals surface area contributed by atoms with E-state index >= 15 is 0 Å². The van der Waals surface area contributed by atoms with E-state index in [2.05, 4.69) is 15.5 Å². The van der Waals surface area contributed by atoms with Gasteiger partial charge in [0, 0.05) is 13.5 Å². The van der Waals surface area contributed by atoms with Crippen LogP contribution in [-0.2, 0) is 27.9 Å². The van der Waals surface area contributed by atoms with Gasteiger partial charge in [-0.3, -0.25) is 9.59 Å². The molecule has 106 valence electrons. The first kappa shape index (κ1) is 15.1. The minimum absolute atomic E-state index is 0.0713. The van der Waals surface area contributed by atoms with Gasteiger partial charge in [0.05, 0.1) is 13.0 Å². The van der Waals surface area contributed by atoms with Crippen molar-refractivity contribution in [1.29, 1.82) is 0 Å². The first-order chi connectivity index (χ1) is 8.78. The smallest absolute Gasteiger partial charge is 0.306 e. The fourth-order valence-electron chi connectivity index (χ4n) is 1.34. The molecular formula is C12H20N4O3. The van der Waals surface area contributed by atoms with Gasteiger partial charge in [0.25, 0.3) is 0 Å². The zero-order chi connectivity index (χ0) is 14.5. The number of hydrogen-bond acceptors (Lipinski definition) is 5. The normalized spacial score (nSPS) is 11.2. The Morgan fingerprint density at radius 2 is 2.05 bits per heavy atom. The van der Waals surface area contributed by atoms with Crippen molar-refractivity contribution < 1.29 is 14.3 Å². The number of amides is 1. The highest BCUT2D eigenvalue weighted by molar-refractivity contribution is 5.81. The number of ether oxygens (including phenoxy) is 1. The van der Waals surface area contributed by atoms with Crippen LogP contribution in [0.15, 0.2) is 6.33 Å². The Morgan fingerprint density at radius 1 is 1.37 bits per heavy atom. The summed E-state index contributed by atoms with van der Waals surface area (Å²) in [6, 6.07) is 0. The molecule has 1 N–H and O–H groups in total. The van der Waals surface area contributed by atoms with Gasteiger partial charge in [0.2, 0.25) is 5.91 Å². The van der Waals surface area contributed by atoms with Crippen molar-refractivity contribution in [2.24, 2.45) is 7.05 Å². The fourth-order valence-corrected chi connectivity index (χ4v) is 1.34. The number of aromatic nitrogens is 3. The Hall–Kier alpha value is -1.92. The molecule has 19 heavy (non-hydrogen) atoms. The average Bonchev–Trinajstić information content (AvgIpc) is 2.67. The van der Waals surface area contributed by atoms with Crippen LogP contribution in [0.1, 0.15) is 39.4 Å². The maximum atomic E-state index is 11.5. The van der Waals surface area contributed by atoms with Gasteiger partial charge in [-0.25, -0.2) is 0 Å². The first-order valence-corrected chi connectivity index (χ1v) is 6.09. The van der Waals surface area contributed by atoms with E-state index in [0.717, 1.165) is 0 Å². The summed E-state index contributed by atoms with van der Waals surface area (Å²) in [5.41, 5.74) is -0.522. The second-order valence-electron chi connectivity index (χ2n) is 5.22. The van der Waals surface area contributed by atoms with Gasteiger partial charge in [0.1, 0.15) is 11.9 Å². The summed E-state index contributed by atoms with van der Waals surface area (Å²) in [6.45, 7) is 5.67. The highest BCUT2D eigenvalue weighted by atomic mass is 16.6. The van der Waals surface area contributed by atoms with Crippen LogP contribution in [0.4, 0.5) is 0 Å². The van der Waals surface area contributed by atoms with Crippen LogP contribution >= 0.6 is 0 Å². The first-order valence-electron chi connectivity index (χ1n) is 6.09. The van der Waals surface area contributed by atoms with E-state index in [9.17, 15) is 9.59 Å². The van der Waals surface area contributed by atoms with Gasteiger partial charge in [-0.15, -0.1) is 10.2 Å². The fraction of sp³-hybridized carbons (Fsp3) is 0.667. The number of hydrogen-bond donors (Lipinski definition) is 1. The second kappa shape index (κ2) is 6.31. The number of carbonyl (C=O) groups excluding carboxylic acids is 2. The SMILES string of the molecule is Cn1cnnc1CNC(=O)CCC(=O)OC(C)(C)C. The topological polar surface area (TPSA) is 86.1 Å². The predicted octanol–water partition coefficient (Wildman–Crippen LogP) is 0.553. The zero-order valence-corrected chi connectivity index (χ0v) is 11.8. The van der Waals surface area contributed by atoms with E-state index in [1.807, 2.05) is 0 Å². The quantitative estimate of drug-likeness (QED) is 0.788. The molecule has 0 bridgehead atoms. The molecule has 0 radical (unpaired) electrons. The lowest BCUT2D eigenvalue weighted by Crippen LogP contribution is -2.27. The van der Waals surface area contributed by atoms with Gasteiger partial charge in [-0.1, -0.05) is 0 Å². The maximum absolute atomic E-state index is 11.5. The van der Waals surface area contributed by atoms with E-state index in [0.29, 0.717) is 12.4 Å². The lowest BCUT2D eigenvalue weighted by molar-refractivity contribution is -0.155. The summed E-state index contributed by atoms with van der Waals surface area (Å²) in [5, 5.41) is 10.2. The predicted molar refractivity (Wildman–Crippen MR) is 67.9 cm³/mol. The van der Waals surface area contributed by atoms with Crippen LogP contribution in [0.5, 0.6) is 0 Å². The van der Waals surface area contributed by atoms with Crippen molar-refractivity contribution in [3.63, 3.8) is 0 Å². The van der Waals surface area contributed by atoms with Crippen molar-refractivity contribution >= 4 is 11.9 Å². The van der Waals surface area contributed by atoms with E-state index in [-0.39, 0.29) is 24.7 Å². The molecule has 1 aromatic rings. The van der Waals surface area contributed by atoms with Gasteiger partial charge in [-0.05, 0) is 20.8 Å². The summed E-state index contributed by atoms with van der Waals surface area (Å²) in [5.74, 6) is 0.0702. The molecule has 0 saturated heterocycles. The van der Waals surface area contributed by atoms with Crippen LogP contribution in [0.3, 0.4) is 0 Å². The maximum Gasteiger partial charge on any atom is 0.306 e. The van der Waals surface area contributed by atoms with Crippen LogP contribution in [0, 0.1) is 0 Å². The van der Waals surface area contributed by atoms with E-state index in [4.69, 9.17) is 4.74 Å². The molecule has 0 saturated carbocycles. The van der Waals surface area contributed by atoms with Crippen molar-refractivity contribution in [2.75, 3.05) is 0 Å². The molecule has 7 heteroatoms. The number of esters is 1. The van der Waals surface area contributed by atoms with Crippen LogP contribution < -0.4 is 5.32 Å². The van der Waals surface area contributed by atoms with Crippen LogP contribution in [-0.4, -0.2) is 32.2 Å². The lowest BCUT2D eigenvalue weighted by atomic mass is 10.2. The monoisotopic (exact) mass is 268 g/mol. The molecule has 0 fully saturated rings. The molecule has 0 aliphatic heterocycles. The van der Waals surface area contributed by atoms with Crippen LogP contribution in [0.25, 0.3) is 0 Å². The van der Waals surface area contributed by atoms with E-state index in [1.54, 1.807) is 38.7 Å². The zero-order valence-electron chi connectivity index (χ0n) is 11.8.